The number of fused-ring (bicyclic) bond motifs is 6. The minimum Gasteiger partial charge on any atom is -0.166 e. The zero-order valence-electron chi connectivity index (χ0n) is 11.6. The Bertz CT molecular complexity index is 934. The topological polar surface area (TPSA) is 3.01 Å². The lowest BCUT2D eigenvalue weighted by Gasteiger charge is -2.02. The fourth-order valence-electron chi connectivity index (χ4n) is 3.68. The quantitative estimate of drug-likeness (QED) is 0.356. The van der Waals surface area contributed by atoms with Crippen LogP contribution in [-0.2, 0) is 6.42 Å². The van der Waals surface area contributed by atoms with Crippen LogP contribution in [0.5, 0.6) is 0 Å². The average molecular weight is 268 g/mol. The average Bonchev–Trinajstić information content (AvgIpc) is 3.02. The van der Waals surface area contributed by atoms with E-state index in [9.17, 15) is 0 Å². The normalized spacial score (nSPS) is 13.6. The number of hydrogen-bond donors (Lipinski definition) is 0. The first-order valence-electron chi connectivity index (χ1n) is 7.28. The summed E-state index contributed by atoms with van der Waals surface area (Å²) in [5, 5.41) is 0. The molecule has 0 radical (unpaired) electrons. The molecule has 1 heteroatoms. The van der Waals surface area contributed by atoms with Crippen LogP contribution in [0.4, 0.5) is 11.4 Å². The molecule has 0 aromatic heterocycles. The van der Waals surface area contributed by atoms with Gasteiger partial charge in [0.25, 0.3) is 0 Å². The minimum absolute atomic E-state index is 1.04. The van der Waals surface area contributed by atoms with Gasteiger partial charge in [0.2, 0.25) is 11.4 Å². The van der Waals surface area contributed by atoms with Crippen molar-refractivity contribution < 1.29 is 0 Å². The van der Waals surface area contributed by atoms with Gasteiger partial charge in [-0.25, -0.2) is 0 Å². The molecule has 0 unspecified atom stereocenters. The van der Waals surface area contributed by atoms with E-state index in [0.717, 1.165) is 6.42 Å². The van der Waals surface area contributed by atoms with Crippen LogP contribution in [-0.4, -0.2) is 6.72 Å². The highest BCUT2D eigenvalue weighted by atomic mass is 15.0. The van der Waals surface area contributed by atoms with Crippen LogP contribution in [0.2, 0.25) is 0 Å². The Hall–Kier alpha value is -2.67. The second-order valence-corrected chi connectivity index (χ2v) is 5.81. The summed E-state index contributed by atoms with van der Waals surface area (Å²) in [5.41, 5.74) is 10.6. The van der Waals surface area contributed by atoms with Crippen molar-refractivity contribution in [3.8, 4) is 22.3 Å². The zero-order chi connectivity index (χ0) is 14.0. The summed E-state index contributed by atoms with van der Waals surface area (Å²) in [6, 6.07) is 21.9. The van der Waals surface area contributed by atoms with E-state index in [1.165, 1.54) is 44.8 Å². The molecule has 0 fully saturated rings. The minimum atomic E-state index is 1.04. The summed E-state index contributed by atoms with van der Waals surface area (Å²) in [5.74, 6) is 0. The first-order valence-corrected chi connectivity index (χ1v) is 7.28. The highest BCUT2D eigenvalue weighted by Gasteiger charge is 2.32. The molecule has 3 aromatic carbocycles. The lowest BCUT2D eigenvalue weighted by molar-refractivity contribution is 1.15. The van der Waals surface area contributed by atoms with Crippen molar-refractivity contribution in [1.29, 1.82) is 0 Å². The fourth-order valence-corrected chi connectivity index (χ4v) is 3.68. The smallest absolute Gasteiger partial charge is 0.166 e. The lowest BCUT2D eigenvalue weighted by atomic mass is 9.99. The van der Waals surface area contributed by atoms with Gasteiger partial charge in [-0.2, -0.15) is 4.58 Å². The predicted octanol–water partition coefficient (Wildman–Crippen LogP) is 4.77. The van der Waals surface area contributed by atoms with Crippen LogP contribution in [0.25, 0.3) is 22.3 Å². The molecular formula is C20H14N+. The number of benzene rings is 3. The van der Waals surface area contributed by atoms with E-state index in [1.807, 2.05) is 0 Å². The van der Waals surface area contributed by atoms with E-state index < -0.39 is 0 Å². The van der Waals surface area contributed by atoms with Crippen molar-refractivity contribution in [2.24, 2.45) is 0 Å². The third-order valence-corrected chi connectivity index (χ3v) is 4.69. The van der Waals surface area contributed by atoms with E-state index in [4.69, 9.17) is 0 Å². The molecule has 2 aliphatic rings. The van der Waals surface area contributed by atoms with Gasteiger partial charge in [0.1, 0.15) is 6.72 Å². The van der Waals surface area contributed by atoms with Crippen LogP contribution in [0.3, 0.4) is 0 Å². The molecule has 0 spiro atoms. The van der Waals surface area contributed by atoms with E-state index in [1.54, 1.807) is 0 Å². The van der Waals surface area contributed by atoms with Crippen molar-refractivity contribution in [2.75, 3.05) is 0 Å². The van der Waals surface area contributed by atoms with Crippen molar-refractivity contribution in [2.45, 2.75) is 6.42 Å². The van der Waals surface area contributed by atoms with Gasteiger partial charge in [-0.1, -0.05) is 36.4 Å². The summed E-state index contributed by atoms with van der Waals surface area (Å²) in [6.45, 7) is 4.23. The Morgan fingerprint density at radius 2 is 1.43 bits per heavy atom. The molecule has 98 valence electrons. The molecule has 0 saturated heterocycles. The Morgan fingerprint density at radius 3 is 2.33 bits per heavy atom. The number of nitrogens with zero attached hydrogens (tertiary/aromatic N) is 1. The molecule has 1 nitrogen and oxygen atoms in total. The van der Waals surface area contributed by atoms with Crippen LogP contribution >= 0.6 is 0 Å². The Balaban J connectivity index is 1.81. The molecular weight excluding hydrogens is 254 g/mol. The van der Waals surface area contributed by atoms with Crippen molar-refractivity contribution >= 4 is 18.1 Å². The molecule has 1 aliphatic heterocycles. The van der Waals surface area contributed by atoms with Gasteiger partial charge in [-0.3, -0.25) is 0 Å². The zero-order valence-corrected chi connectivity index (χ0v) is 11.6. The lowest BCUT2D eigenvalue weighted by Crippen LogP contribution is -1.95. The highest BCUT2D eigenvalue weighted by molar-refractivity contribution is 5.97. The maximum absolute atomic E-state index is 4.23. The van der Waals surface area contributed by atoms with Gasteiger partial charge < -0.3 is 0 Å². The summed E-state index contributed by atoms with van der Waals surface area (Å²) in [6.07, 6.45) is 1.04. The standard InChI is InChI=1S/C20H14N/c1-21-19-9-5-4-8-16(19)18-11-14-10-13-6-2-3-7-15(13)17(14)12-20(18)21/h2-9,11-12H,1,10H2/q+1. The van der Waals surface area contributed by atoms with Gasteiger partial charge >= 0.3 is 0 Å². The largest absolute Gasteiger partial charge is 0.219 e. The highest BCUT2D eigenvalue weighted by Crippen LogP contribution is 2.49. The number of rotatable bonds is 0. The molecule has 3 aromatic rings. The van der Waals surface area contributed by atoms with E-state index in [-0.39, 0.29) is 0 Å². The molecule has 1 aliphatic carbocycles. The Morgan fingerprint density at radius 1 is 0.667 bits per heavy atom. The van der Waals surface area contributed by atoms with E-state index in [0.29, 0.717) is 0 Å². The second-order valence-electron chi connectivity index (χ2n) is 5.81. The molecule has 0 saturated carbocycles. The van der Waals surface area contributed by atoms with E-state index >= 15 is 0 Å². The first-order chi connectivity index (χ1) is 10.3. The summed E-state index contributed by atoms with van der Waals surface area (Å²) < 4.78 is 2.06. The molecule has 0 amide bonds. The predicted molar refractivity (Wildman–Crippen MR) is 88.7 cm³/mol. The molecule has 0 bridgehead atoms. The van der Waals surface area contributed by atoms with Gasteiger partial charge in [-0.05, 0) is 40.8 Å². The summed E-state index contributed by atoms with van der Waals surface area (Å²) >= 11 is 0. The molecule has 0 N–H and O–H groups in total. The second kappa shape index (κ2) is 3.70. The molecule has 21 heavy (non-hydrogen) atoms. The summed E-state index contributed by atoms with van der Waals surface area (Å²) in [4.78, 5) is 0. The van der Waals surface area contributed by atoms with E-state index in [2.05, 4.69) is 72.0 Å². The fraction of sp³-hybridized carbons (Fsp3) is 0.0500. The van der Waals surface area contributed by atoms with Gasteiger partial charge in [0, 0.05) is 12.1 Å². The van der Waals surface area contributed by atoms with Crippen molar-refractivity contribution in [1.82, 2.24) is 4.58 Å². The third kappa shape index (κ3) is 1.33. The van der Waals surface area contributed by atoms with Gasteiger partial charge in [0.15, 0.2) is 0 Å². The van der Waals surface area contributed by atoms with Gasteiger partial charge in [-0.15, -0.1) is 0 Å². The number of para-hydroxylation sites is 1. The summed E-state index contributed by atoms with van der Waals surface area (Å²) in [7, 11) is 0. The molecule has 1 heterocycles. The van der Waals surface area contributed by atoms with Crippen molar-refractivity contribution in [3.63, 3.8) is 0 Å². The van der Waals surface area contributed by atoms with Crippen LogP contribution in [0, 0.1) is 0 Å². The van der Waals surface area contributed by atoms with Gasteiger partial charge in [0.05, 0.1) is 11.1 Å². The third-order valence-electron chi connectivity index (χ3n) is 4.69. The maximum atomic E-state index is 4.23. The number of hydrogen-bond acceptors (Lipinski definition) is 0. The monoisotopic (exact) mass is 268 g/mol. The van der Waals surface area contributed by atoms with Crippen LogP contribution < -0.4 is 4.58 Å². The Kier molecular flexibility index (Phi) is 1.95. The first kappa shape index (κ1) is 11.0. The Labute approximate surface area is 123 Å². The maximum Gasteiger partial charge on any atom is 0.219 e. The SMILES string of the molecule is C=[N+]1c2ccccc2-c2cc3c(cc21)-c1ccccc1C3. The molecule has 0 atom stereocenters. The van der Waals surface area contributed by atoms with Crippen LogP contribution in [0.15, 0.2) is 60.7 Å². The van der Waals surface area contributed by atoms with Crippen molar-refractivity contribution in [3.05, 3.63) is 71.8 Å². The molecule has 5 rings (SSSR count). The van der Waals surface area contributed by atoms with Crippen LogP contribution in [0.1, 0.15) is 11.1 Å².